The minimum Gasteiger partial charge on any atom is -0.369 e. The number of amides is 1. The van der Waals surface area contributed by atoms with Crippen LogP contribution < -0.4 is 10.2 Å². The van der Waals surface area contributed by atoms with E-state index in [9.17, 15) is 4.79 Å². The molecule has 1 N–H and O–H groups in total. The number of nitrogens with zero attached hydrogens (tertiary/aromatic N) is 2. The van der Waals surface area contributed by atoms with Gasteiger partial charge in [-0.3, -0.25) is 4.79 Å². The van der Waals surface area contributed by atoms with Gasteiger partial charge >= 0.3 is 0 Å². The van der Waals surface area contributed by atoms with E-state index < -0.39 is 0 Å². The second-order valence-corrected chi connectivity index (χ2v) is 6.89. The van der Waals surface area contributed by atoms with Gasteiger partial charge < -0.3 is 15.1 Å². The highest BCUT2D eigenvalue weighted by atomic mass is 35.5. The summed E-state index contributed by atoms with van der Waals surface area (Å²) in [6.07, 6.45) is 0. The zero-order chi connectivity index (χ0) is 17.8. The lowest BCUT2D eigenvalue weighted by atomic mass is 10.2. The van der Waals surface area contributed by atoms with Crippen molar-refractivity contribution in [1.82, 2.24) is 4.90 Å². The van der Waals surface area contributed by atoms with E-state index in [1.54, 1.807) is 18.2 Å². The molecule has 1 amide bonds. The molecule has 25 heavy (non-hydrogen) atoms. The molecule has 0 saturated carbocycles. The van der Waals surface area contributed by atoms with E-state index in [0.29, 0.717) is 15.6 Å². The number of piperazine rings is 1. The Bertz CT molecular complexity index is 741. The minimum absolute atomic E-state index is 0.244. The first-order valence-corrected chi connectivity index (χ1v) is 9.16. The third-order valence-corrected chi connectivity index (χ3v) is 5.03. The molecule has 132 valence electrons. The van der Waals surface area contributed by atoms with Crippen molar-refractivity contribution >= 4 is 40.5 Å². The lowest BCUT2D eigenvalue weighted by molar-refractivity contribution is 0.102. The number of carbonyl (C=O) groups is 1. The van der Waals surface area contributed by atoms with Gasteiger partial charge in [0.25, 0.3) is 5.91 Å². The summed E-state index contributed by atoms with van der Waals surface area (Å²) in [5.41, 5.74) is 2.33. The predicted octanol–water partition coefficient (Wildman–Crippen LogP) is 4.39. The molecule has 4 nitrogen and oxygen atoms in total. The summed E-state index contributed by atoms with van der Waals surface area (Å²) in [6, 6.07) is 12.8. The molecule has 1 heterocycles. The normalized spacial score (nSPS) is 15.2. The summed E-state index contributed by atoms with van der Waals surface area (Å²) >= 11 is 12.0. The SMILES string of the molecule is CCN1CCN(c2ccc(NC(=O)c3ccc(Cl)cc3Cl)cc2)CC1. The van der Waals surface area contributed by atoms with Gasteiger partial charge in [-0.1, -0.05) is 30.1 Å². The van der Waals surface area contributed by atoms with Crippen molar-refractivity contribution in [3.05, 3.63) is 58.1 Å². The molecule has 1 saturated heterocycles. The van der Waals surface area contributed by atoms with E-state index >= 15 is 0 Å². The first-order valence-electron chi connectivity index (χ1n) is 8.40. The lowest BCUT2D eigenvalue weighted by Crippen LogP contribution is -2.46. The molecule has 0 atom stereocenters. The van der Waals surface area contributed by atoms with Crippen LogP contribution >= 0.6 is 23.2 Å². The van der Waals surface area contributed by atoms with Crippen molar-refractivity contribution in [3.63, 3.8) is 0 Å². The van der Waals surface area contributed by atoms with Crippen molar-refractivity contribution in [2.45, 2.75) is 6.92 Å². The van der Waals surface area contributed by atoms with Crippen LogP contribution in [0.5, 0.6) is 0 Å². The minimum atomic E-state index is -0.244. The molecule has 1 aliphatic heterocycles. The fourth-order valence-corrected chi connectivity index (χ4v) is 3.44. The van der Waals surface area contributed by atoms with Crippen molar-refractivity contribution in [2.75, 3.05) is 42.9 Å². The van der Waals surface area contributed by atoms with Crippen molar-refractivity contribution in [1.29, 1.82) is 0 Å². The molecule has 1 aliphatic rings. The monoisotopic (exact) mass is 377 g/mol. The van der Waals surface area contributed by atoms with Crippen molar-refractivity contribution in [3.8, 4) is 0 Å². The number of carbonyl (C=O) groups excluding carboxylic acids is 1. The van der Waals surface area contributed by atoms with Gasteiger partial charge in [0.05, 0.1) is 10.6 Å². The smallest absolute Gasteiger partial charge is 0.257 e. The zero-order valence-corrected chi connectivity index (χ0v) is 15.6. The van der Waals surface area contributed by atoms with Gasteiger partial charge in [0, 0.05) is 42.6 Å². The fraction of sp³-hybridized carbons (Fsp3) is 0.316. The summed E-state index contributed by atoms with van der Waals surface area (Å²) in [5, 5.41) is 3.72. The van der Waals surface area contributed by atoms with Gasteiger partial charge in [-0.15, -0.1) is 0 Å². The Morgan fingerprint density at radius 2 is 1.72 bits per heavy atom. The standard InChI is InChI=1S/C19H21Cl2N3O/c1-2-23-9-11-24(12-10-23)16-6-4-15(5-7-16)22-19(25)17-8-3-14(20)13-18(17)21/h3-8,13H,2,9-12H2,1H3,(H,22,25). The summed E-state index contributed by atoms with van der Waals surface area (Å²) in [5.74, 6) is -0.244. The number of halogens is 2. The number of hydrogen-bond acceptors (Lipinski definition) is 3. The average molecular weight is 378 g/mol. The Morgan fingerprint density at radius 3 is 2.32 bits per heavy atom. The predicted molar refractivity (Wildman–Crippen MR) is 105 cm³/mol. The van der Waals surface area contributed by atoms with Crippen LogP contribution in [-0.2, 0) is 0 Å². The van der Waals surface area contributed by atoms with E-state index in [2.05, 4.69) is 22.0 Å². The highest BCUT2D eigenvalue weighted by molar-refractivity contribution is 6.37. The van der Waals surface area contributed by atoms with Gasteiger partial charge in [0.1, 0.15) is 0 Å². The second-order valence-electron chi connectivity index (χ2n) is 6.05. The Kier molecular flexibility index (Phi) is 5.84. The summed E-state index contributed by atoms with van der Waals surface area (Å²) in [7, 11) is 0. The van der Waals surface area contributed by atoms with Crippen molar-refractivity contribution < 1.29 is 4.79 Å². The van der Waals surface area contributed by atoms with Crippen LogP contribution in [0.2, 0.25) is 10.0 Å². The summed E-state index contributed by atoms with van der Waals surface area (Å²) in [4.78, 5) is 17.2. The quantitative estimate of drug-likeness (QED) is 0.857. The fourth-order valence-electron chi connectivity index (χ4n) is 2.95. The van der Waals surface area contributed by atoms with Crippen LogP contribution in [-0.4, -0.2) is 43.5 Å². The molecule has 3 rings (SSSR count). The second kappa shape index (κ2) is 8.09. The number of likely N-dealkylation sites (N-methyl/N-ethyl adjacent to an activating group) is 1. The van der Waals surface area contributed by atoms with E-state index in [0.717, 1.165) is 38.4 Å². The number of anilines is 2. The van der Waals surface area contributed by atoms with Gasteiger partial charge in [0.2, 0.25) is 0 Å². The first kappa shape index (κ1) is 18.1. The van der Waals surface area contributed by atoms with E-state index in [-0.39, 0.29) is 5.91 Å². The van der Waals surface area contributed by atoms with Gasteiger partial charge in [0.15, 0.2) is 0 Å². The molecule has 1 fully saturated rings. The Balaban J connectivity index is 1.63. The molecular weight excluding hydrogens is 357 g/mol. The molecule has 2 aromatic rings. The third kappa shape index (κ3) is 4.46. The van der Waals surface area contributed by atoms with Crippen LogP contribution in [0.25, 0.3) is 0 Å². The van der Waals surface area contributed by atoms with Gasteiger partial charge in [-0.05, 0) is 49.0 Å². The Hall–Kier alpha value is -1.75. The van der Waals surface area contributed by atoms with E-state index in [1.807, 2.05) is 24.3 Å². The number of rotatable bonds is 4. The van der Waals surface area contributed by atoms with Crippen molar-refractivity contribution in [2.24, 2.45) is 0 Å². The van der Waals surface area contributed by atoms with Crippen LogP contribution in [0.15, 0.2) is 42.5 Å². The maximum atomic E-state index is 12.3. The van der Waals surface area contributed by atoms with Crippen LogP contribution in [0, 0.1) is 0 Å². The molecule has 0 aliphatic carbocycles. The van der Waals surface area contributed by atoms with E-state index in [1.165, 1.54) is 5.69 Å². The zero-order valence-electron chi connectivity index (χ0n) is 14.1. The average Bonchev–Trinajstić information content (AvgIpc) is 2.62. The molecule has 2 aromatic carbocycles. The topological polar surface area (TPSA) is 35.6 Å². The summed E-state index contributed by atoms with van der Waals surface area (Å²) in [6.45, 7) is 7.53. The highest BCUT2D eigenvalue weighted by Gasteiger charge is 2.16. The van der Waals surface area contributed by atoms with Crippen LogP contribution in [0.1, 0.15) is 17.3 Å². The van der Waals surface area contributed by atoms with Gasteiger partial charge in [-0.2, -0.15) is 0 Å². The Morgan fingerprint density at radius 1 is 1.04 bits per heavy atom. The largest absolute Gasteiger partial charge is 0.369 e. The number of nitrogens with one attached hydrogen (secondary N) is 1. The molecule has 0 spiro atoms. The van der Waals surface area contributed by atoms with Crippen LogP contribution in [0.3, 0.4) is 0 Å². The maximum absolute atomic E-state index is 12.3. The van der Waals surface area contributed by atoms with Gasteiger partial charge in [-0.25, -0.2) is 0 Å². The highest BCUT2D eigenvalue weighted by Crippen LogP contribution is 2.23. The number of benzene rings is 2. The molecule has 6 heteroatoms. The van der Waals surface area contributed by atoms with Crippen LogP contribution in [0.4, 0.5) is 11.4 Å². The molecule has 0 radical (unpaired) electrons. The molecular formula is C19H21Cl2N3O. The maximum Gasteiger partial charge on any atom is 0.257 e. The molecule has 0 bridgehead atoms. The summed E-state index contributed by atoms with van der Waals surface area (Å²) < 4.78 is 0. The lowest BCUT2D eigenvalue weighted by Gasteiger charge is -2.35. The first-order chi connectivity index (χ1) is 12.1. The molecule has 0 unspecified atom stereocenters. The number of hydrogen-bond donors (Lipinski definition) is 1. The third-order valence-electron chi connectivity index (χ3n) is 4.49. The van der Waals surface area contributed by atoms with E-state index in [4.69, 9.17) is 23.2 Å². The molecule has 0 aromatic heterocycles. The Labute approximate surface area is 158 Å².